The van der Waals surface area contributed by atoms with Crippen LogP contribution in [0, 0.1) is 10.5 Å². The first-order valence-electron chi connectivity index (χ1n) is 4.97. The molecule has 1 aromatic carbocycles. The van der Waals surface area contributed by atoms with Gasteiger partial charge < -0.3 is 10.3 Å². The van der Waals surface area contributed by atoms with E-state index in [1.165, 1.54) is 0 Å². The highest BCUT2D eigenvalue weighted by Gasteiger charge is 2.09. The van der Waals surface area contributed by atoms with Crippen LogP contribution in [0.4, 0.5) is 5.69 Å². The number of hydrogen-bond acceptors (Lipinski definition) is 1. The first-order valence-corrected chi connectivity index (χ1v) is 6.85. The van der Waals surface area contributed by atoms with Crippen molar-refractivity contribution in [3.05, 3.63) is 49.8 Å². The van der Waals surface area contributed by atoms with Gasteiger partial charge in [0.2, 0.25) is 0 Å². The molecule has 88 valence electrons. The zero-order valence-electron chi connectivity index (χ0n) is 9.05. The number of hydrogen-bond donors (Lipinski definition) is 2. The van der Waals surface area contributed by atoms with Gasteiger partial charge in [0.05, 0.1) is 0 Å². The average molecular weight is 405 g/mol. The second-order valence-electron chi connectivity index (χ2n) is 3.64. The zero-order chi connectivity index (χ0) is 12.4. The van der Waals surface area contributed by atoms with E-state index in [1.54, 1.807) is 12.3 Å². The van der Waals surface area contributed by atoms with Crippen LogP contribution in [-0.2, 0) is 0 Å². The highest BCUT2D eigenvalue weighted by atomic mass is 127. The van der Waals surface area contributed by atoms with Gasteiger partial charge in [-0.3, -0.25) is 4.79 Å². The van der Waals surface area contributed by atoms with Gasteiger partial charge in [-0.25, -0.2) is 0 Å². The number of aryl methyl sites for hydroxylation is 1. The Morgan fingerprint density at radius 1 is 1.41 bits per heavy atom. The smallest absolute Gasteiger partial charge is 0.272 e. The molecule has 0 aliphatic rings. The normalized spacial score (nSPS) is 10.3. The van der Waals surface area contributed by atoms with Gasteiger partial charge in [-0.2, -0.15) is 0 Å². The predicted octanol–water partition coefficient (Wildman–Crippen LogP) is 3.94. The Kier molecular flexibility index (Phi) is 3.88. The Hall–Kier alpha value is -0.820. The van der Waals surface area contributed by atoms with Gasteiger partial charge in [0.15, 0.2) is 0 Å². The summed E-state index contributed by atoms with van der Waals surface area (Å²) in [5, 5.41) is 2.87. The van der Waals surface area contributed by atoms with Gasteiger partial charge in [-0.1, -0.05) is 0 Å². The van der Waals surface area contributed by atoms with E-state index in [4.69, 9.17) is 0 Å². The van der Waals surface area contributed by atoms with Gasteiger partial charge in [-0.15, -0.1) is 0 Å². The number of benzene rings is 1. The number of anilines is 1. The van der Waals surface area contributed by atoms with Crippen LogP contribution in [0.1, 0.15) is 16.1 Å². The van der Waals surface area contributed by atoms with E-state index in [-0.39, 0.29) is 5.91 Å². The molecule has 1 heterocycles. The van der Waals surface area contributed by atoms with E-state index in [0.717, 1.165) is 19.3 Å². The van der Waals surface area contributed by atoms with Crippen LogP contribution in [0.15, 0.2) is 34.9 Å². The third-order valence-electron chi connectivity index (χ3n) is 2.33. The van der Waals surface area contributed by atoms with Crippen molar-refractivity contribution in [1.29, 1.82) is 0 Å². The van der Waals surface area contributed by atoms with Gasteiger partial charge >= 0.3 is 0 Å². The summed E-state index contributed by atoms with van der Waals surface area (Å²) in [6.45, 7) is 1.97. The van der Waals surface area contributed by atoms with Crippen molar-refractivity contribution in [3.8, 4) is 0 Å². The molecule has 0 spiro atoms. The first kappa shape index (κ1) is 12.6. The summed E-state index contributed by atoms with van der Waals surface area (Å²) >= 11 is 5.54. The molecule has 0 unspecified atom stereocenters. The molecule has 1 aromatic heterocycles. The number of rotatable bonds is 2. The molecule has 5 heteroatoms. The predicted molar refractivity (Wildman–Crippen MR) is 80.3 cm³/mol. The number of carbonyl (C=O) groups is 1. The van der Waals surface area contributed by atoms with Crippen LogP contribution < -0.4 is 5.32 Å². The molecule has 0 radical (unpaired) electrons. The lowest BCUT2D eigenvalue weighted by Crippen LogP contribution is -2.13. The van der Waals surface area contributed by atoms with Gasteiger partial charge in [0, 0.05) is 19.9 Å². The molecule has 0 bridgehead atoms. The lowest BCUT2D eigenvalue weighted by Gasteiger charge is -2.07. The summed E-state index contributed by atoms with van der Waals surface area (Å²) in [6.07, 6.45) is 1.73. The molecule has 1 amide bonds. The Balaban J connectivity index is 2.18. The standard InChI is InChI=1S/C12H10BrIN2O/c1-7-4-9(14)2-3-10(7)16-12(17)11-5-8(13)6-15-11/h2-6,15H,1H3,(H,16,17). The van der Waals surface area contributed by atoms with E-state index < -0.39 is 0 Å². The second kappa shape index (κ2) is 5.22. The van der Waals surface area contributed by atoms with E-state index in [0.29, 0.717) is 5.69 Å². The molecule has 0 atom stereocenters. The molecule has 2 N–H and O–H groups in total. The highest BCUT2D eigenvalue weighted by molar-refractivity contribution is 14.1. The maximum atomic E-state index is 11.9. The maximum Gasteiger partial charge on any atom is 0.272 e. The van der Waals surface area contributed by atoms with Gasteiger partial charge in [0.1, 0.15) is 5.69 Å². The minimum Gasteiger partial charge on any atom is -0.356 e. The molecule has 2 rings (SSSR count). The van der Waals surface area contributed by atoms with Crippen molar-refractivity contribution in [3.63, 3.8) is 0 Å². The van der Waals surface area contributed by atoms with Crippen LogP contribution >= 0.6 is 38.5 Å². The van der Waals surface area contributed by atoms with Gasteiger partial charge in [0.25, 0.3) is 5.91 Å². The molecule has 0 saturated carbocycles. The number of amides is 1. The summed E-state index contributed by atoms with van der Waals surface area (Å²) < 4.78 is 2.02. The SMILES string of the molecule is Cc1cc(I)ccc1NC(=O)c1cc(Br)c[nH]1. The fourth-order valence-electron chi connectivity index (χ4n) is 1.46. The number of carbonyl (C=O) groups excluding carboxylic acids is 1. The second-order valence-corrected chi connectivity index (χ2v) is 5.81. The van der Waals surface area contributed by atoms with Crippen LogP contribution in [0.5, 0.6) is 0 Å². The minimum atomic E-state index is -0.139. The number of nitrogens with one attached hydrogen (secondary N) is 2. The summed E-state index contributed by atoms with van der Waals surface area (Å²) in [5.74, 6) is -0.139. The number of H-pyrrole nitrogens is 1. The monoisotopic (exact) mass is 404 g/mol. The molecular weight excluding hydrogens is 395 g/mol. The third kappa shape index (κ3) is 3.10. The van der Waals surface area contributed by atoms with Crippen LogP contribution in [-0.4, -0.2) is 10.9 Å². The molecule has 0 aliphatic heterocycles. The topological polar surface area (TPSA) is 44.9 Å². The number of halogens is 2. The van der Waals surface area contributed by atoms with Crippen molar-refractivity contribution < 1.29 is 4.79 Å². The van der Waals surface area contributed by atoms with Crippen LogP contribution in [0.2, 0.25) is 0 Å². The molecule has 0 aliphatic carbocycles. The Morgan fingerprint density at radius 2 is 2.18 bits per heavy atom. The van der Waals surface area contributed by atoms with Crippen molar-refractivity contribution in [1.82, 2.24) is 4.98 Å². The summed E-state index contributed by atoms with van der Waals surface area (Å²) in [4.78, 5) is 14.8. The molecule has 3 nitrogen and oxygen atoms in total. The first-order chi connectivity index (χ1) is 8.06. The molecule has 0 fully saturated rings. The summed E-state index contributed by atoms with van der Waals surface area (Å²) in [7, 11) is 0. The van der Waals surface area contributed by atoms with Crippen LogP contribution in [0.25, 0.3) is 0 Å². The fraction of sp³-hybridized carbons (Fsp3) is 0.0833. The molecular formula is C12H10BrIN2O. The number of aromatic amines is 1. The lowest BCUT2D eigenvalue weighted by atomic mass is 10.2. The quantitative estimate of drug-likeness (QED) is 0.731. The minimum absolute atomic E-state index is 0.139. The van der Waals surface area contributed by atoms with Gasteiger partial charge in [-0.05, 0) is 75.3 Å². The maximum absolute atomic E-state index is 11.9. The van der Waals surface area contributed by atoms with E-state index in [2.05, 4.69) is 48.8 Å². The Bertz CT molecular complexity index is 565. The van der Waals surface area contributed by atoms with E-state index in [1.807, 2.05) is 25.1 Å². The summed E-state index contributed by atoms with van der Waals surface area (Å²) in [6, 6.07) is 7.65. The van der Waals surface area contributed by atoms with Crippen molar-refractivity contribution >= 4 is 50.1 Å². The largest absolute Gasteiger partial charge is 0.356 e. The zero-order valence-corrected chi connectivity index (χ0v) is 12.8. The Morgan fingerprint density at radius 3 is 2.76 bits per heavy atom. The molecule has 0 saturated heterocycles. The van der Waals surface area contributed by atoms with Crippen molar-refractivity contribution in [2.24, 2.45) is 0 Å². The van der Waals surface area contributed by atoms with Crippen LogP contribution in [0.3, 0.4) is 0 Å². The van der Waals surface area contributed by atoms with Crippen molar-refractivity contribution in [2.75, 3.05) is 5.32 Å². The van der Waals surface area contributed by atoms with E-state index >= 15 is 0 Å². The summed E-state index contributed by atoms with van der Waals surface area (Å²) in [5.41, 5.74) is 2.42. The van der Waals surface area contributed by atoms with E-state index in [9.17, 15) is 4.79 Å². The molecule has 17 heavy (non-hydrogen) atoms. The highest BCUT2D eigenvalue weighted by Crippen LogP contribution is 2.19. The fourth-order valence-corrected chi connectivity index (χ4v) is 2.45. The number of aromatic nitrogens is 1. The van der Waals surface area contributed by atoms with Crippen molar-refractivity contribution in [2.45, 2.75) is 6.92 Å². The third-order valence-corrected chi connectivity index (χ3v) is 3.46. The molecule has 2 aromatic rings. The Labute approximate surface area is 121 Å². The average Bonchev–Trinajstić information content (AvgIpc) is 2.69. The lowest BCUT2D eigenvalue weighted by molar-refractivity contribution is 0.102.